The first kappa shape index (κ1) is 11.2. The zero-order valence-electron chi connectivity index (χ0n) is 8.45. The first-order valence-electron chi connectivity index (χ1n) is 4.60. The van der Waals surface area contributed by atoms with Gasteiger partial charge in [0, 0.05) is 21.2 Å². The summed E-state index contributed by atoms with van der Waals surface area (Å²) in [7, 11) is 0. The van der Waals surface area contributed by atoms with Crippen molar-refractivity contribution in [3.05, 3.63) is 51.3 Å². The van der Waals surface area contributed by atoms with E-state index in [4.69, 9.17) is 23.2 Å². The summed E-state index contributed by atoms with van der Waals surface area (Å²) in [5.41, 5.74) is 1.88. The van der Waals surface area contributed by atoms with Crippen molar-refractivity contribution in [1.82, 2.24) is 5.10 Å². The zero-order valence-corrected chi connectivity index (χ0v) is 9.96. The maximum atomic E-state index is 11.4. The largest absolute Gasteiger partial charge is 0.594 e. The molecule has 0 aliphatic carbocycles. The molecule has 0 atom stereocenters. The summed E-state index contributed by atoms with van der Waals surface area (Å²) >= 11 is 12.0. The number of nitrogens with zero attached hydrogens (tertiary/aromatic N) is 2. The van der Waals surface area contributed by atoms with Crippen molar-refractivity contribution in [2.24, 2.45) is 0 Å². The third kappa shape index (κ3) is 1.96. The van der Waals surface area contributed by atoms with Crippen LogP contribution in [0.5, 0.6) is 0 Å². The van der Waals surface area contributed by atoms with Gasteiger partial charge in [-0.25, -0.2) is 0 Å². The number of hydrogen-bond donors (Lipinski definition) is 0. The summed E-state index contributed by atoms with van der Waals surface area (Å²) in [6, 6.07) is 6.76. The molecule has 2 rings (SSSR count). The predicted octanol–water partition coefficient (Wildman–Crippen LogP) is 3.00. The molecule has 0 spiro atoms. The lowest BCUT2D eigenvalue weighted by Gasteiger charge is -2.05. The van der Waals surface area contributed by atoms with Gasteiger partial charge in [0.05, 0.1) is 11.8 Å². The van der Waals surface area contributed by atoms with E-state index in [2.05, 4.69) is 5.10 Å². The lowest BCUT2D eigenvalue weighted by molar-refractivity contribution is -0.658. The van der Waals surface area contributed by atoms with Crippen LogP contribution in [0.3, 0.4) is 0 Å². The average molecular weight is 255 g/mol. The van der Waals surface area contributed by atoms with Crippen LogP contribution in [0.25, 0.3) is 11.3 Å². The molecule has 0 fully saturated rings. The average Bonchev–Trinajstić information content (AvgIpc) is 2.26. The number of halogens is 2. The van der Waals surface area contributed by atoms with Crippen LogP contribution in [0.4, 0.5) is 0 Å². The molecule has 0 saturated carbocycles. The predicted molar refractivity (Wildman–Crippen MR) is 63.4 cm³/mol. The highest BCUT2D eigenvalue weighted by molar-refractivity contribution is 6.36. The monoisotopic (exact) mass is 254 g/mol. The first-order valence-corrected chi connectivity index (χ1v) is 5.36. The molecular weight excluding hydrogens is 247 g/mol. The van der Waals surface area contributed by atoms with Crippen molar-refractivity contribution < 1.29 is 4.85 Å². The molecule has 0 unspecified atom stereocenters. The lowest BCUT2D eigenvalue weighted by Crippen LogP contribution is -2.33. The first-order chi connectivity index (χ1) is 7.59. The second-order valence-corrected chi connectivity index (χ2v) is 4.16. The lowest BCUT2D eigenvalue weighted by atomic mass is 10.1. The van der Waals surface area contributed by atoms with Gasteiger partial charge < -0.3 is 5.21 Å². The van der Waals surface area contributed by atoms with Crippen molar-refractivity contribution in [1.29, 1.82) is 0 Å². The molecule has 82 valence electrons. The van der Waals surface area contributed by atoms with Gasteiger partial charge in [-0.2, -0.15) is 0 Å². The third-order valence-electron chi connectivity index (χ3n) is 2.29. The van der Waals surface area contributed by atoms with E-state index in [1.807, 2.05) is 6.92 Å². The Hall–Kier alpha value is -1.32. The van der Waals surface area contributed by atoms with Gasteiger partial charge in [0.2, 0.25) is 0 Å². The van der Waals surface area contributed by atoms with E-state index in [0.29, 0.717) is 26.1 Å². The standard InChI is InChI=1S/C11H8Cl2N2O/c1-7-9(12)5-8(6-10(7)13)11-3-2-4-14-15(11)16/h2-6H,1H3. The molecule has 0 aliphatic heterocycles. The molecule has 1 heterocycles. The Morgan fingerprint density at radius 1 is 1.25 bits per heavy atom. The Morgan fingerprint density at radius 3 is 2.44 bits per heavy atom. The van der Waals surface area contributed by atoms with Crippen molar-refractivity contribution in [3.8, 4) is 11.3 Å². The van der Waals surface area contributed by atoms with E-state index in [0.717, 1.165) is 5.56 Å². The molecule has 0 amide bonds. The summed E-state index contributed by atoms with van der Waals surface area (Å²) in [5, 5.41) is 16.1. The van der Waals surface area contributed by atoms with Gasteiger partial charge in [-0.15, -0.1) is 0 Å². The Morgan fingerprint density at radius 2 is 1.88 bits per heavy atom. The van der Waals surface area contributed by atoms with E-state index < -0.39 is 0 Å². The highest BCUT2D eigenvalue weighted by Gasteiger charge is 2.12. The molecule has 2 aromatic rings. The van der Waals surface area contributed by atoms with E-state index in [-0.39, 0.29) is 0 Å². The van der Waals surface area contributed by atoms with Gasteiger partial charge in [0.1, 0.15) is 0 Å². The highest BCUT2D eigenvalue weighted by atomic mass is 35.5. The number of benzene rings is 1. The van der Waals surface area contributed by atoms with Gasteiger partial charge in [-0.3, -0.25) is 0 Å². The minimum Gasteiger partial charge on any atom is -0.594 e. The molecule has 0 saturated heterocycles. The van der Waals surface area contributed by atoms with Crippen molar-refractivity contribution in [2.75, 3.05) is 0 Å². The van der Waals surface area contributed by atoms with Crippen LogP contribution < -0.4 is 4.85 Å². The topological polar surface area (TPSA) is 39.8 Å². The minimum atomic E-state index is 0.423. The second-order valence-electron chi connectivity index (χ2n) is 3.35. The normalized spacial score (nSPS) is 10.4. The molecule has 5 heteroatoms. The van der Waals surface area contributed by atoms with Crippen LogP contribution in [-0.4, -0.2) is 5.10 Å². The summed E-state index contributed by atoms with van der Waals surface area (Å²) in [4.78, 5) is 0.539. The van der Waals surface area contributed by atoms with Gasteiger partial charge >= 0.3 is 0 Å². The Bertz CT molecular complexity index is 520. The Labute approximate surface area is 103 Å². The summed E-state index contributed by atoms with van der Waals surface area (Å²) < 4.78 is 0. The minimum absolute atomic E-state index is 0.423. The SMILES string of the molecule is Cc1c(Cl)cc(-c2cccn[n+]2[O-])cc1Cl. The summed E-state index contributed by atoms with van der Waals surface area (Å²) in [6.07, 6.45) is 1.42. The summed E-state index contributed by atoms with van der Waals surface area (Å²) in [6.45, 7) is 1.82. The van der Waals surface area contributed by atoms with Crippen LogP contribution in [0, 0.1) is 12.1 Å². The van der Waals surface area contributed by atoms with Gasteiger partial charge in [-0.05, 0) is 30.7 Å². The van der Waals surface area contributed by atoms with Gasteiger partial charge in [0.15, 0.2) is 0 Å². The second kappa shape index (κ2) is 4.28. The molecule has 0 aliphatic rings. The van der Waals surface area contributed by atoms with Gasteiger partial charge in [0.25, 0.3) is 5.69 Å². The van der Waals surface area contributed by atoms with E-state index in [1.165, 1.54) is 6.20 Å². The van der Waals surface area contributed by atoms with E-state index >= 15 is 0 Å². The molecule has 0 N–H and O–H groups in total. The molecular formula is C11H8Cl2N2O. The van der Waals surface area contributed by atoms with Crippen molar-refractivity contribution >= 4 is 23.2 Å². The Kier molecular flexibility index (Phi) is 2.99. The van der Waals surface area contributed by atoms with Crippen LogP contribution in [0.1, 0.15) is 5.56 Å². The van der Waals surface area contributed by atoms with Crippen LogP contribution >= 0.6 is 23.2 Å². The fourth-order valence-electron chi connectivity index (χ4n) is 1.36. The maximum Gasteiger partial charge on any atom is 0.252 e. The molecule has 3 nitrogen and oxygen atoms in total. The fraction of sp³-hybridized carbons (Fsp3) is 0.0909. The van der Waals surface area contributed by atoms with Crippen LogP contribution in [0.2, 0.25) is 10.0 Å². The molecule has 16 heavy (non-hydrogen) atoms. The highest BCUT2D eigenvalue weighted by Crippen LogP contribution is 2.29. The maximum absolute atomic E-state index is 11.4. The van der Waals surface area contributed by atoms with Crippen molar-refractivity contribution in [3.63, 3.8) is 0 Å². The van der Waals surface area contributed by atoms with Crippen molar-refractivity contribution in [2.45, 2.75) is 6.92 Å². The zero-order chi connectivity index (χ0) is 11.7. The quantitative estimate of drug-likeness (QED) is 0.580. The molecule has 1 aromatic carbocycles. The number of rotatable bonds is 1. The van der Waals surface area contributed by atoms with Gasteiger partial charge in [-0.1, -0.05) is 28.0 Å². The smallest absolute Gasteiger partial charge is 0.252 e. The fourth-order valence-corrected chi connectivity index (χ4v) is 1.85. The summed E-state index contributed by atoms with van der Waals surface area (Å²) in [5.74, 6) is 0. The van der Waals surface area contributed by atoms with Crippen LogP contribution in [-0.2, 0) is 0 Å². The molecule has 0 bridgehead atoms. The molecule has 1 aromatic heterocycles. The molecule has 0 radical (unpaired) electrons. The van der Waals surface area contributed by atoms with E-state index in [1.54, 1.807) is 24.3 Å². The Balaban J connectivity index is 2.62. The third-order valence-corrected chi connectivity index (χ3v) is 3.08. The van der Waals surface area contributed by atoms with E-state index in [9.17, 15) is 5.21 Å². The van der Waals surface area contributed by atoms with Crippen LogP contribution in [0.15, 0.2) is 30.5 Å². The number of hydrogen-bond acceptors (Lipinski definition) is 2. The number of aromatic nitrogens is 2.